The summed E-state index contributed by atoms with van der Waals surface area (Å²) in [6.07, 6.45) is 2.59. The summed E-state index contributed by atoms with van der Waals surface area (Å²) >= 11 is 6.01. The maximum absolute atomic E-state index is 12.1. The van der Waals surface area contributed by atoms with E-state index in [2.05, 4.69) is 9.82 Å². The van der Waals surface area contributed by atoms with Crippen molar-refractivity contribution in [2.45, 2.75) is 25.3 Å². The fourth-order valence-corrected chi connectivity index (χ4v) is 4.03. The van der Waals surface area contributed by atoms with E-state index in [-0.39, 0.29) is 5.75 Å². The van der Waals surface area contributed by atoms with Crippen LogP contribution in [0.2, 0.25) is 5.02 Å². The van der Waals surface area contributed by atoms with Gasteiger partial charge in [-0.15, -0.1) is 0 Å². The maximum Gasteiger partial charge on any atom is 0.215 e. The number of nitrogens with one attached hydrogen (secondary N) is 1. The van der Waals surface area contributed by atoms with Crippen LogP contribution in [0.15, 0.2) is 30.5 Å². The number of halogens is 1. The van der Waals surface area contributed by atoms with Crippen LogP contribution in [0.3, 0.4) is 0 Å². The molecule has 2 heterocycles. The number of rotatable bonds is 6. The van der Waals surface area contributed by atoms with E-state index in [4.69, 9.17) is 16.3 Å². The van der Waals surface area contributed by atoms with Gasteiger partial charge in [0.05, 0.1) is 31.7 Å². The van der Waals surface area contributed by atoms with Crippen molar-refractivity contribution in [2.24, 2.45) is 0 Å². The predicted octanol–water partition coefficient (Wildman–Crippen LogP) is 1.73. The van der Waals surface area contributed by atoms with Gasteiger partial charge in [0.15, 0.2) is 0 Å². The SMILES string of the molecule is O=S(=O)(Cc1ccccc1Cl)NCCn1ncc2c1CCOC2. The number of hydrogen-bond acceptors (Lipinski definition) is 4. The predicted molar refractivity (Wildman–Crippen MR) is 87.7 cm³/mol. The number of hydrogen-bond donors (Lipinski definition) is 1. The van der Waals surface area contributed by atoms with Gasteiger partial charge in [-0.25, -0.2) is 13.1 Å². The van der Waals surface area contributed by atoms with Gasteiger partial charge < -0.3 is 4.74 Å². The van der Waals surface area contributed by atoms with Gasteiger partial charge in [-0.2, -0.15) is 5.10 Å². The lowest BCUT2D eigenvalue weighted by Gasteiger charge is -2.15. The zero-order chi connectivity index (χ0) is 16.3. The zero-order valence-electron chi connectivity index (χ0n) is 12.5. The largest absolute Gasteiger partial charge is 0.376 e. The number of aromatic nitrogens is 2. The first-order valence-electron chi connectivity index (χ1n) is 7.37. The normalized spacial score (nSPS) is 14.7. The van der Waals surface area contributed by atoms with Crippen LogP contribution in [0.25, 0.3) is 0 Å². The quantitative estimate of drug-likeness (QED) is 0.856. The molecule has 0 spiro atoms. The Balaban J connectivity index is 1.57. The number of ether oxygens (including phenoxy) is 1. The van der Waals surface area contributed by atoms with Crippen LogP contribution in [0.5, 0.6) is 0 Å². The van der Waals surface area contributed by atoms with Gasteiger partial charge >= 0.3 is 0 Å². The summed E-state index contributed by atoms with van der Waals surface area (Å²) in [7, 11) is -3.43. The molecule has 1 aliphatic rings. The Bertz CT molecular complexity index is 789. The van der Waals surface area contributed by atoms with Crippen molar-refractivity contribution in [2.75, 3.05) is 13.2 Å². The molecule has 1 aliphatic heterocycles. The van der Waals surface area contributed by atoms with Crippen LogP contribution in [0.4, 0.5) is 0 Å². The Labute approximate surface area is 140 Å². The average Bonchev–Trinajstić information content (AvgIpc) is 2.93. The highest BCUT2D eigenvalue weighted by Crippen LogP contribution is 2.17. The van der Waals surface area contributed by atoms with E-state index >= 15 is 0 Å². The number of nitrogens with zero attached hydrogens (tertiary/aromatic N) is 2. The van der Waals surface area contributed by atoms with Crippen LogP contribution in [-0.2, 0) is 40.1 Å². The summed E-state index contributed by atoms with van der Waals surface area (Å²) in [5.41, 5.74) is 2.80. The molecule has 8 heteroatoms. The van der Waals surface area contributed by atoms with Crippen molar-refractivity contribution in [3.63, 3.8) is 0 Å². The summed E-state index contributed by atoms with van der Waals surface area (Å²) < 4.78 is 34.1. The van der Waals surface area contributed by atoms with Crippen molar-refractivity contribution < 1.29 is 13.2 Å². The topological polar surface area (TPSA) is 73.2 Å². The Morgan fingerprint density at radius 2 is 2.17 bits per heavy atom. The number of fused-ring (bicyclic) bond motifs is 1. The summed E-state index contributed by atoms with van der Waals surface area (Å²) in [5.74, 6) is -0.127. The zero-order valence-corrected chi connectivity index (χ0v) is 14.1. The highest BCUT2D eigenvalue weighted by molar-refractivity contribution is 7.88. The van der Waals surface area contributed by atoms with Gasteiger partial charge in [0.25, 0.3) is 0 Å². The smallest absolute Gasteiger partial charge is 0.215 e. The molecule has 0 aliphatic carbocycles. The Hall–Kier alpha value is -1.41. The first-order valence-corrected chi connectivity index (χ1v) is 9.40. The van der Waals surface area contributed by atoms with Gasteiger partial charge in [0.1, 0.15) is 0 Å². The van der Waals surface area contributed by atoms with E-state index in [1.165, 1.54) is 0 Å². The monoisotopic (exact) mass is 355 g/mol. The van der Waals surface area contributed by atoms with E-state index in [0.717, 1.165) is 17.7 Å². The van der Waals surface area contributed by atoms with E-state index in [0.29, 0.717) is 36.9 Å². The highest BCUT2D eigenvalue weighted by atomic mass is 35.5. The minimum Gasteiger partial charge on any atom is -0.376 e. The van der Waals surface area contributed by atoms with Crippen molar-refractivity contribution in [1.29, 1.82) is 0 Å². The molecule has 1 N–H and O–H groups in total. The second-order valence-corrected chi connectivity index (χ2v) is 7.60. The van der Waals surface area contributed by atoms with E-state index < -0.39 is 10.0 Å². The second kappa shape index (κ2) is 7.00. The van der Waals surface area contributed by atoms with Crippen molar-refractivity contribution >= 4 is 21.6 Å². The minimum atomic E-state index is -3.43. The molecule has 0 amide bonds. The van der Waals surface area contributed by atoms with E-state index in [1.54, 1.807) is 30.5 Å². The van der Waals surface area contributed by atoms with Crippen LogP contribution in [0.1, 0.15) is 16.8 Å². The lowest BCUT2D eigenvalue weighted by atomic mass is 10.2. The fourth-order valence-electron chi connectivity index (χ4n) is 2.58. The molecule has 0 bridgehead atoms. The van der Waals surface area contributed by atoms with Crippen LogP contribution >= 0.6 is 11.6 Å². The van der Waals surface area contributed by atoms with Gasteiger partial charge in [-0.3, -0.25) is 4.68 Å². The van der Waals surface area contributed by atoms with Crippen LogP contribution in [-0.4, -0.2) is 31.3 Å². The first kappa shape index (κ1) is 16.4. The summed E-state index contributed by atoms with van der Waals surface area (Å²) in [6.45, 7) is 2.04. The molecule has 3 rings (SSSR count). The molecular weight excluding hydrogens is 338 g/mol. The molecule has 23 heavy (non-hydrogen) atoms. The van der Waals surface area contributed by atoms with E-state index in [9.17, 15) is 8.42 Å². The Morgan fingerprint density at radius 3 is 3.00 bits per heavy atom. The van der Waals surface area contributed by atoms with Gasteiger partial charge in [0, 0.05) is 29.2 Å². The molecule has 6 nitrogen and oxygen atoms in total. The first-order chi connectivity index (χ1) is 11.1. The Morgan fingerprint density at radius 1 is 1.35 bits per heavy atom. The fraction of sp³-hybridized carbons (Fsp3) is 0.400. The summed E-state index contributed by atoms with van der Waals surface area (Å²) in [4.78, 5) is 0. The molecule has 0 atom stereocenters. The van der Waals surface area contributed by atoms with E-state index in [1.807, 2.05) is 4.68 Å². The van der Waals surface area contributed by atoms with Crippen molar-refractivity contribution in [1.82, 2.24) is 14.5 Å². The molecule has 2 aromatic rings. The third-order valence-corrected chi connectivity index (χ3v) is 5.43. The molecule has 124 valence electrons. The third-order valence-electron chi connectivity index (χ3n) is 3.72. The standard InChI is InChI=1S/C15H18ClN3O3S/c16-14-4-2-1-3-12(14)11-23(20,21)18-6-7-19-15-5-8-22-10-13(15)9-17-19/h1-4,9,18H,5-8,10-11H2. The number of benzene rings is 1. The Kier molecular flexibility index (Phi) is 5.01. The van der Waals surface area contributed by atoms with Gasteiger partial charge in [-0.05, 0) is 11.6 Å². The molecular formula is C15H18ClN3O3S. The lowest BCUT2D eigenvalue weighted by molar-refractivity contribution is 0.109. The molecule has 0 saturated heterocycles. The number of sulfonamides is 1. The molecule has 0 saturated carbocycles. The third kappa shape index (κ3) is 4.11. The highest BCUT2D eigenvalue weighted by Gasteiger charge is 2.16. The second-order valence-electron chi connectivity index (χ2n) is 5.39. The molecule has 1 aromatic carbocycles. The lowest BCUT2D eigenvalue weighted by Crippen LogP contribution is -2.29. The average molecular weight is 356 g/mol. The molecule has 0 radical (unpaired) electrons. The van der Waals surface area contributed by atoms with Crippen LogP contribution in [0, 0.1) is 0 Å². The van der Waals surface area contributed by atoms with Gasteiger partial charge in [0.2, 0.25) is 10.0 Å². The summed E-state index contributed by atoms with van der Waals surface area (Å²) in [5, 5.41) is 4.75. The summed E-state index contributed by atoms with van der Waals surface area (Å²) in [6, 6.07) is 6.95. The molecule has 1 aromatic heterocycles. The molecule has 0 fully saturated rings. The maximum atomic E-state index is 12.1. The van der Waals surface area contributed by atoms with Crippen LogP contribution < -0.4 is 4.72 Å². The van der Waals surface area contributed by atoms with Crippen molar-refractivity contribution in [3.05, 3.63) is 52.3 Å². The molecule has 0 unspecified atom stereocenters. The minimum absolute atomic E-state index is 0.127. The van der Waals surface area contributed by atoms with Crippen molar-refractivity contribution in [3.8, 4) is 0 Å². The van der Waals surface area contributed by atoms with Gasteiger partial charge in [-0.1, -0.05) is 29.8 Å².